The monoisotopic (exact) mass is 324 g/mol. The zero-order chi connectivity index (χ0) is 15.5. The van der Waals surface area contributed by atoms with E-state index in [1.807, 2.05) is 12.3 Å². The highest BCUT2D eigenvalue weighted by molar-refractivity contribution is 7.22. The Kier molecular flexibility index (Phi) is 4.22. The van der Waals surface area contributed by atoms with Crippen molar-refractivity contribution in [1.82, 2.24) is 15.3 Å². The molecule has 4 nitrogen and oxygen atoms in total. The molecular weight excluding hydrogens is 304 g/mol. The van der Waals surface area contributed by atoms with E-state index in [1.54, 1.807) is 11.3 Å². The van der Waals surface area contributed by atoms with Crippen LogP contribution in [0.3, 0.4) is 0 Å². The zero-order valence-electron chi connectivity index (χ0n) is 13.0. The van der Waals surface area contributed by atoms with Crippen LogP contribution in [0.15, 0.2) is 42.6 Å². The Balaban J connectivity index is 1.51. The normalized spacial score (nSPS) is 15.8. The number of nitrogens with zero attached hydrogens (tertiary/aromatic N) is 2. The number of hydrogen-bond acceptors (Lipinski definition) is 5. The van der Waals surface area contributed by atoms with Crippen LogP contribution in [0.4, 0.5) is 5.82 Å². The highest BCUT2D eigenvalue weighted by Crippen LogP contribution is 2.31. The molecule has 23 heavy (non-hydrogen) atoms. The lowest BCUT2D eigenvalue weighted by atomic mass is 9.98. The lowest BCUT2D eigenvalue weighted by molar-refractivity contribution is 0.389. The first kappa shape index (κ1) is 14.6. The largest absolute Gasteiger partial charge is 0.370 e. The number of aromatic nitrogens is 2. The maximum atomic E-state index is 4.70. The number of piperidine rings is 1. The van der Waals surface area contributed by atoms with Crippen LogP contribution in [-0.4, -0.2) is 29.6 Å². The molecule has 1 aliphatic heterocycles. The van der Waals surface area contributed by atoms with E-state index in [4.69, 9.17) is 4.98 Å². The summed E-state index contributed by atoms with van der Waals surface area (Å²) in [7, 11) is 0. The third kappa shape index (κ3) is 3.35. The number of rotatable bonds is 4. The second-order valence-electron chi connectivity index (χ2n) is 5.99. The van der Waals surface area contributed by atoms with Gasteiger partial charge in [0.05, 0.1) is 4.88 Å². The molecule has 118 valence electrons. The number of nitrogens with one attached hydrogen (secondary N) is 2. The standard InChI is InChI=1S/C18H20N4S/c1-2-4-15-14(3-1)11-16(23-15)18-20-10-7-17(22-18)21-12-13-5-8-19-9-6-13/h1-4,7,10-11,13,19H,5-6,8-9,12H2,(H,20,21,22). The maximum absolute atomic E-state index is 4.70. The van der Waals surface area contributed by atoms with Crippen LogP contribution in [0, 0.1) is 5.92 Å². The van der Waals surface area contributed by atoms with Crippen LogP contribution in [-0.2, 0) is 0 Å². The minimum atomic E-state index is 0.735. The number of anilines is 1. The van der Waals surface area contributed by atoms with Gasteiger partial charge in [0.2, 0.25) is 0 Å². The van der Waals surface area contributed by atoms with Gasteiger partial charge in [-0.15, -0.1) is 11.3 Å². The van der Waals surface area contributed by atoms with Crippen molar-refractivity contribution in [2.75, 3.05) is 25.0 Å². The van der Waals surface area contributed by atoms with E-state index in [0.29, 0.717) is 0 Å². The fraction of sp³-hybridized carbons (Fsp3) is 0.333. The van der Waals surface area contributed by atoms with Gasteiger partial charge >= 0.3 is 0 Å². The summed E-state index contributed by atoms with van der Waals surface area (Å²) in [5, 5.41) is 8.14. The summed E-state index contributed by atoms with van der Waals surface area (Å²) in [6.45, 7) is 3.25. The SMILES string of the molecule is c1ccc2sc(-c3nccc(NCC4CCNCC4)n3)cc2c1. The molecule has 3 aromatic rings. The minimum absolute atomic E-state index is 0.735. The topological polar surface area (TPSA) is 49.8 Å². The third-order valence-electron chi connectivity index (χ3n) is 4.33. The first-order valence-corrected chi connectivity index (χ1v) is 8.97. The summed E-state index contributed by atoms with van der Waals surface area (Å²) >= 11 is 1.74. The molecule has 1 aliphatic rings. The Morgan fingerprint density at radius 1 is 1.17 bits per heavy atom. The van der Waals surface area contributed by atoms with Gasteiger partial charge in [-0.3, -0.25) is 0 Å². The predicted octanol–water partition coefficient (Wildman–Crippen LogP) is 3.77. The van der Waals surface area contributed by atoms with Gasteiger partial charge in [-0.25, -0.2) is 9.97 Å². The number of hydrogen-bond donors (Lipinski definition) is 2. The quantitative estimate of drug-likeness (QED) is 0.767. The molecular formula is C18H20N4S. The van der Waals surface area contributed by atoms with Gasteiger partial charge in [-0.1, -0.05) is 18.2 Å². The summed E-state index contributed by atoms with van der Waals surface area (Å²) in [6, 6.07) is 12.5. The Labute approximate surface area is 140 Å². The van der Waals surface area contributed by atoms with Crippen molar-refractivity contribution in [3.63, 3.8) is 0 Å². The lowest BCUT2D eigenvalue weighted by Crippen LogP contribution is -2.31. The second kappa shape index (κ2) is 6.64. The average Bonchev–Trinajstić information content (AvgIpc) is 3.05. The molecule has 0 amide bonds. The molecule has 1 fully saturated rings. The Morgan fingerprint density at radius 3 is 2.91 bits per heavy atom. The molecule has 0 unspecified atom stereocenters. The van der Waals surface area contributed by atoms with Gasteiger partial charge in [0, 0.05) is 17.4 Å². The summed E-state index contributed by atoms with van der Waals surface area (Å²) in [6.07, 6.45) is 4.32. The van der Waals surface area contributed by atoms with Crippen LogP contribution in [0.5, 0.6) is 0 Å². The molecule has 2 aromatic heterocycles. The third-order valence-corrected chi connectivity index (χ3v) is 5.44. The van der Waals surface area contributed by atoms with E-state index in [0.717, 1.165) is 42.1 Å². The number of benzene rings is 1. The van der Waals surface area contributed by atoms with Crippen molar-refractivity contribution in [2.24, 2.45) is 5.92 Å². The molecule has 0 saturated carbocycles. The fourth-order valence-electron chi connectivity index (χ4n) is 3.00. The fourth-order valence-corrected chi connectivity index (χ4v) is 4.01. The van der Waals surface area contributed by atoms with Crippen molar-refractivity contribution < 1.29 is 0 Å². The Bertz CT molecular complexity index is 759. The van der Waals surface area contributed by atoms with Crippen molar-refractivity contribution in [1.29, 1.82) is 0 Å². The number of thiophene rings is 1. The maximum Gasteiger partial charge on any atom is 0.171 e. The molecule has 1 saturated heterocycles. The molecule has 1 aromatic carbocycles. The Morgan fingerprint density at radius 2 is 2.04 bits per heavy atom. The van der Waals surface area contributed by atoms with Crippen LogP contribution in [0.1, 0.15) is 12.8 Å². The minimum Gasteiger partial charge on any atom is -0.370 e. The molecule has 2 N–H and O–H groups in total. The summed E-state index contributed by atoms with van der Waals surface area (Å²) in [4.78, 5) is 10.3. The second-order valence-corrected chi connectivity index (χ2v) is 7.07. The smallest absolute Gasteiger partial charge is 0.171 e. The van der Waals surface area contributed by atoms with Crippen LogP contribution in [0.2, 0.25) is 0 Å². The van der Waals surface area contributed by atoms with E-state index >= 15 is 0 Å². The predicted molar refractivity (Wildman–Crippen MR) is 96.9 cm³/mol. The van der Waals surface area contributed by atoms with Crippen molar-refractivity contribution in [2.45, 2.75) is 12.8 Å². The van der Waals surface area contributed by atoms with Crippen molar-refractivity contribution in [3.05, 3.63) is 42.6 Å². The van der Waals surface area contributed by atoms with E-state index in [1.165, 1.54) is 22.9 Å². The number of fused-ring (bicyclic) bond motifs is 1. The molecule has 5 heteroatoms. The highest BCUT2D eigenvalue weighted by Gasteiger charge is 2.13. The van der Waals surface area contributed by atoms with Crippen LogP contribution in [0.25, 0.3) is 20.8 Å². The highest BCUT2D eigenvalue weighted by atomic mass is 32.1. The molecule has 0 atom stereocenters. The first-order chi connectivity index (χ1) is 11.4. The van der Waals surface area contributed by atoms with Crippen LogP contribution < -0.4 is 10.6 Å². The van der Waals surface area contributed by atoms with Gasteiger partial charge in [0.25, 0.3) is 0 Å². The molecule has 0 bridgehead atoms. The molecule has 3 heterocycles. The van der Waals surface area contributed by atoms with Gasteiger partial charge in [0.15, 0.2) is 5.82 Å². The summed E-state index contributed by atoms with van der Waals surface area (Å²) in [5.41, 5.74) is 0. The van der Waals surface area contributed by atoms with Crippen molar-refractivity contribution in [3.8, 4) is 10.7 Å². The van der Waals surface area contributed by atoms with Gasteiger partial charge in [0.1, 0.15) is 5.82 Å². The summed E-state index contributed by atoms with van der Waals surface area (Å²) in [5.74, 6) is 2.46. The van der Waals surface area contributed by atoms with Gasteiger partial charge in [-0.05, 0) is 55.4 Å². The first-order valence-electron chi connectivity index (χ1n) is 8.15. The zero-order valence-corrected chi connectivity index (χ0v) is 13.8. The average molecular weight is 324 g/mol. The Hall–Kier alpha value is -1.98. The van der Waals surface area contributed by atoms with Gasteiger partial charge < -0.3 is 10.6 Å². The lowest BCUT2D eigenvalue weighted by Gasteiger charge is -2.22. The molecule has 0 aliphatic carbocycles. The summed E-state index contributed by atoms with van der Waals surface area (Å²) < 4.78 is 1.28. The van der Waals surface area contributed by atoms with Gasteiger partial charge in [-0.2, -0.15) is 0 Å². The molecule has 4 rings (SSSR count). The van der Waals surface area contributed by atoms with E-state index in [-0.39, 0.29) is 0 Å². The van der Waals surface area contributed by atoms with Crippen LogP contribution >= 0.6 is 11.3 Å². The van der Waals surface area contributed by atoms with E-state index in [2.05, 4.69) is 45.9 Å². The van der Waals surface area contributed by atoms with E-state index < -0.39 is 0 Å². The molecule has 0 radical (unpaired) electrons. The van der Waals surface area contributed by atoms with Crippen molar-refractivity contribution >= 4 is 27.2 Å². The van der Waals surface area contributed by atoms with E-state index in [9.17, 15) is 0 Å². The molecule has 0 spiro atoms.